The Morgan fingerprint density at radius 1 is 1.21 bits per heavy atom. The van der Waals surface area contributed by atoms with Gasteiger partial charge in [-0.15, -0.1) is 0 Å². The van der Waals surface area contributed by atoms with Crippen molar-refractivity contribution in [3.05, 3.63) is 0 Å². The number of amides is 1. The summed E-state index contributed by atoms with van der Waals surface area (Å²) in [6.45, 7) is 3.02. The van der Waals surface area contributed by atoms with E-state index in [0.29, 0.717) is 26.1 Å². The van der Waals surface area contributed by atoms with E-state index in [1.165, 1.54) is 14.2 Å². The van der Waals surface area contributed by atoms with Crippen molar-refractivity contribution < 1.29 is 28.5 Å². The normalized spacial score (nSPS) is 33.7. The first kappa shape index (κ1) is 17.5. The van der Waals surface area contributed by atoms with Crippen LogP contribution in [0.2, 0.25) is 0 Å². The van der Waals surface area contributed by atoms with E-state index >= 15 is 0 Å². The van der Waals surface area contributed by atoms with Crippen molar-refractivity contribution in [3.63, 3.8) is 0 Å². The van der Waals surface area contributed by atoms with Crippen molar-refractivity contribution in [2.45, 2.75) is 62.8 Å². The molecule has 0 saturated carbocycles. The molecule has 3 fully saturated rings. The predicted octanol–water partition coefficient (Wildman–Crippen LogP) is 2.08. The van der Waals surface area contributed by atoms with Gasteiger partial charge in [0.2, 0.25) is 0 Å². The van der Waals surface area contributed by atoms with Crippen molar-refractivity contribution in [2.75, 3.05) is 27.4 Å². The minimum absolute atomic E-state index is 0.0340. The Hall–Kier alpha value is -1.34. The second kappa shape index (κ2) is 6.52. The topological polar surface area (TPSA) is 74.3 Å². The van der Waals surface area contributed by atoms with Gasteiger partial charge < -0.3 is 18.9 Å². The number of piperidine rings is 1. The van der Waals surface area contributed by atoms with Gasteiger partial charge in [-0.25, -0.2) is 4.79 Å². The Morgan fingerprint density at radius 2 is 1.92 bits per heavy atom. The second-order valence-electron chi connectivity index (χ2n) is 6.91. The lowest BCUT2D eigenvalue weighted by Crippen LogP contribution is -2.69. The predicted molar refractivity (Wildman–Crippen MR) is 84.3 cm³/mol. The van der Waals surface area contributed by atoms with Crippen LogP contribution in [0, 0.1) is 5.92 Å². The monoisotopic (exact) mass is 341 g/mol. The van der Waals surface area contributed by atoms with Crippen molar-refractivity contribution in [1.82, 2.24) is 4.90 Å². The zero-order valence-corrected chi connectivity index (χ0v) is 14.7. The quantitative estimate of drug-likeness (QED) is 0.729. The van der Waals surface area contributed by atoms with E-state index in [1.807, 2.05) is 0 Å². The molecule has 0 radical (unpaired) electrons. The van der Waals surface area contributed by atoms with Gasteiger partial charge in [-0.05, 0) is 19.3 Å². The van der Waals surface area contributed by atoms with Gasteiger partial charge in [0, 0.05) is 12.5 Å². The van der Waals surface area contributed by atoms with Crippen LogP contribution in [0.25, 0.3) is 0 Å². The third kappa shape index (κ3) is 2.40. The first-order chi connectivity index (χ1) is 11.5. The number of methoxy groups -OCH3 is 2. The highest BCUT2D eigenvalue weighted by atomic mass is 16.7. The van der Waals surface area contributed by atoms with Crippen LogP contribution in [0.3, 0.4) is 0 Å². The fourth-order valence-corrected chi connectivity index (χ4v) is 4.94. The largest absolute Gasteiger partial charge is 0.469 e. The van der Waals surface area contributed by atoms with Crippen molar-refractivity contribution in [3.8, 4) is 0 Å². The van der Waals surface area contributed by atoms with Gasteiger partial charge in [-0.1, -0.05) is 19.8 Å². The Kier molecular flexibility index (Phi) is 4.75. The number of rotatable bonds is 4. The molecule has 7 nitrogen and oxygen atoms in total. The van der Waals surface area contributed by atoms with Crippen LogP contribution in [0.15, 0.2) is 0 Å². The first-order valence-electron chi connectivity index (χ1n) is 8.77. The smallest absolute Gasteiger partial charge is 0.410 e. The summed E-state index contributed by atoms with van der Waals surface area (Å²) >= 11 is 0. The van der Waals surface area contributed by atoms with Crippen LogP contribution in [0.5, 0.6) is 0 Å². The van der Waals surface area contributed by atoms with Crippen LogP contribution >= 0.6 is 0 Å². The van der Waals surface area contributed by atoms with E-state index < -0.39 is 17.2 Å². The molecule has 1 spiro atoms. The Labute approximate surface area is 142 Å². The molecule has 3 aliphatic heterocycles. The van der Waals surface area contributed by atoms with E-state index in [4.69, 9.17) is 18.9 Å². The van der Waals surface area contributed by atoms with Gasteiger partial charge in [0.15, 0.2) is 5.79 Å². The number of esters is 1. The molecule has 136 valence electrons. The first-order valence-corrected chi connectivity index (χ1v) is 8.77. The summed E-state index contributed by atoms with van der Waals surface area (Å²) in [7, 11) is 2.76. The van der Waals surface area contributed by atoms with E-state index in [2.05, 4.69) is 6.92 Å². The van der Waals surface area contributed by atoms with Gasteiger partial charge in [0.1, 0.15) is 5.92 Å². The molecule has 24 heavy (non-hydrogen) atoms. The number of nitrogens with zero attached hydrogens (tertiary/aromatic N) is 1. The van der Waals surface area contributed by atoms with Crippen LogP contribution in [-0.2, 0) is 23.7 Å². The second-order valence-corrected chi connectivity index (χ2v) is 6.91. The molecule has 0 aromatic carbocycles. The lowest BCUT2D eigenvalue weighted by Gasteiger charge is -2.54. The van der Waals surface area contributed by atoms with E-state index in [1.54, 1.807) is 4.90 Å². The lowest BCUT2D eigenvalue weighted by atomic mass is 9.71. The number of ether oxygens (including phenoxy) is 4. The average molecular weight is 341 g/mol. The van der Waals surface area contributed by atoms with Crippen molar-refractivity contribution in [2.24, 2.45) is 5.92 Å². The third-order valence-electron chi connectivity index (χ3n) is 5.80. The Balaban J connectivity index is 2.08. The van der Waals surface area contributed by atoms with Gasteiger partial charge in [0.25, 0.3) is 0 Å². The van der Waals surface area contributed by atoms with Gasteiger partial charge in [-0.3, -0.25) is 9.69 Å². The maximum absolute atomic E-state index is 12.8. The number of carbonyl (C=O) groups is 2. The Bertz CT molecular complexity index is 503. The van der Waals surface area contributed by atoms with Crippen molar-refractivity contribution in [1.29, 1.82) is 0 Å². The molecule has 1 amide bonds. The number of unbranched alkanes of at least 4 members (excludes halogenated alkanes) is 1. The minimum atomic E-state index is -0.980. The zero-order chi connectivity index (χ0) is 17.4. The molecule has 0 N–H and O–H groups in total. The molecule has 7 heteroatoms. The van der Waals surface area contributed by atoms with Crippen LogP contribution < -0.4 is 0 Å². The summed E-state index contributed by atoms with van der Waals surface area (Å²) in [6, 6.07) is -0.0340. The zero-order valence-electron chi connectivity index (χ0n) is 14.7. The summed E-state index contributed by atoms with van der Waals surface area (Å²) in [5, 5.41) is 0. The molecule has 2 bridgehead atoms. The maximum Gasteiger partial charge on any atom is 0.410 e. The molecule has 0 aromatic rings. The van der Waals surface area contributed by atoms with Gasteiger partial charge in [0.05, 0.1) is 33.0 Å². The molecule has 0 aromatic heterocycles. The molecule has 0 aliphatic carbocycles. The fraction of sp³-hybridized carbons (Fsp3) is 0.882. The molecule has 3 saturated heterocycles. The minimum Gasteiger partial charge on any atom is -0.469 e. The SMILES string of the molecule is CCCC[C@@]12CC[C@@H](CC3(OCCO3)[C@@H]1C(=O)OC)N2C(=O)OC. The summed E-state index contributed by atoms with van der Waals surface area (Å²) in [5.74, 6) is -2.00. The highest BCUT2D eigenvalue weighted by molar-refractivity contribution is 5.79. The van der Waals surface area contributed by atoms with Crippen LogP contribution in [0.1, 0.15) is 45.4 Å². The summed E-state index contributed by atoms with van der Waals surface area (Å²) in [6.07, 6.45) is 4.25. The number of hydrogen-bond acceptors (Lipinski definition) is 6. The van der Waals surface area contributed by atoms with Crippen molar-refractivity contribution >= 4 is 12.1 Å². The molecule has 3 heterocycles. The molecule has 3 atom stereocenters. The standard InChI is InChI=1S/C17H27NO6/c1-4-5-7-16-8-6-12(18(16)15(20)22-3)11-17(23-9-10-24-17)13(16)14(19)21-2/h12-13H,4-11H2,1-3H3/t12-,13+,16+/m0/s1. The molecule has 3 rings (SSSR count). The molecule has 0 unspecified atom stereocenters. The van der Waals surface area contributed by atoms with E-state index in [9.17, 15) is 9.59 Å². The molecular weight excluding hydrogens is 314 g/mol. The number of hydrogen-bond donors (Lipinski definition) is 0. The molecular formula is C17H27NO6. The Morgan fingerprint density at radius 3 is 2.50 bits per heavy atom. The van der Waals surface area contributed by atoms with E-state index in [-0.39, 0.29) is 18.1 Å². The van der Waals surface area contributed by atoms with E-state index in [0.717, 1.165) is 25.7 Å². The molecule has 3 aliphatic rings. The van der Waals surface area contributed by atoms with Gasteiger partial charge in [-0.2, -0.15) is 0 Å². The highest BCUT2D eigenvalue weighted by Crippen LogP contribution is 2.57. The maximum atomic E-state index is 12.8. The van der Waals surface area contributed by atoms with Crippen LogP contribution in [-0.4, -0.2) is 61.8 Å². The summed E-state index contributed by atoms with van der Waals surface area (Å²) < 4.78 is 22.1. The lowest BCUT2D eigenvalue weighted by molar-refractivity contribution is -0.254. The number of fused-ring (bicyclic) bond motifs is 2. The number of carbonyl (C=O) groups excluding carboxylic acids is 2. The fourth-order valence-electron chi connectivity index (χ4n) is 4.94. The third-order valence-corrected chi connectivity index (χ3v) is 5.80. The van der Waals surface area contributed by atoms with Crippen LogP contribution in [0.4, 0.5) is 4.79 Å². The summed E-state index contributed by atoms with van der Waals surface area (Å²) in [4.78, 5) is 27.1. The average Bonchev–Trinajstić information content (AvgIpc) is 3.15. The summed E-state index contributed by atoms with van der Waals surface area (Å²) in [5.41, 5.74) is -0.663. The highest BCUT2D eigenvalue weighted by Gasteiger charge is 2.70. The van der Waals surface area contributed by atoms with Gasteiger partial charge >= 0.3 is 12.1 Å².